The SMILES string of the molecule is O=C(O)C(F)(F)F.O=C(O)C(F)(F)F.O=C(O)CN1CCC2(CCN(CCc3ccncc3)CC2)CC1. The number of rotatable bonds is 5. The van der Waals surface area contributed by atoms with Gasteiger partial charge in [0.1, 0.15) is 0 Å². The fourth-order valence-electron chi connectivity index (χ4n) is 3.96. The lowest BCUT2D eigenvalue weighted by molar-refractivity contribution is -0.193. The van der Waals surface area contributed by atoms with E-state index in [1.165, 1.54) is 44.3 Å². The standard InChI is InChI=1S/C18H27N3O2.2C2HF3O2/c22-17(23)15-21-13-6-18(7-14-21)4-11-20(12-5-18)10-3-16-1-8-19-9-2-16;2*3-2(4,5)1(6)7/h1-2,8-9H,3-7,10-15H2,(H,22,23);2*(H,6,7). The predicted octanol–water partition coefficient (Wildman–Crippen LogP) is 3.15. The molecule has 15 heteroatoms. The van der Waals surface area contributed by atoms with Crippen LogP contribution in [0.15, 0.2) is 24.5 Å². The van der Waals surface area contributed by atoms with Gasteiger partial charge >= 0.3 is 30.3 Å². The Labute approximate surface area is 208 Å². The average Bonchev–Trinajstić information content (AvgIpc) is 2.80. The molecule has 37 heavy (non-hydrogen) atoms. The normalized spacial score (nSPS) is 18.1. The van der Waals surface area contributed by atoms with Crippen molar-refractivity contribution >= 4 is 17.9 Å². The minimum Gasteiger partial charge on any atom is -0.480 e. The van der Waals surface area contributed by atoms with Crippen LogP contribution < -0.4 is 0 Å². The van der Waals surface area contributed by atoms with Crippen LogP contribution in [0.4, 0.5) is 26.3 Å². The molecule has 3 rings (SSSR count). The van der Waals surface area contributed by atoms with Gasteiger partial charge in [-0.05, 0) is 81.4 Å². The number of aliphatic carboxylic acids is 3. The number of hydrogen-bond donors (Lipinski definition) is 3. The number of likely N-dealkylation sites (tertiary alicyclic amines) is 2. The van der Waals surface area contributed by atoms with Crippen molar-refractivity contribution in [3.05, 3.63) is 30.1 Å². The maximum absolute atomic E-state index is 10.8. The quantitative estimate of drug-likeness (QED) is 0.478. The van der Waals surface area contributed by atoms with Gasteiger partial charge in [0, 0.05) is 18.9 Å². The van der Waals surface area contributed by atoms with E-state index < -0.39 is 30.3 Å². The van der Waals surface area contributed by atoms with Crippen molar-refractivity contribution in [2.45, 2.75) is 44.5 Å². The number of hydrogen-bond acceptors (Lipinski definition) is 6. The van der Waals surface area contributed by atoms with Crippen LogP contribution in [0, 0.1) is 5.41 Å². The third-order valence-corrected chi connectivity index (χ3v) is 6.14. The highest BCUT2D eigenvalue weighted by molar-refractivity contribution is 5.73. The molecule has 0 amide bonds. The molecular formula is C22H29F6N3O6. The number of nitrogens with zero attached hydrogens (tertiary/aromatic N) is 3. The van der Waals surface area contributed by atoms with Gasteiger partial charge in [0.25, 0.3) is 0 Å². The summed E-state index contributed by atoms with van der Waals surface area (Å²) < 4.78 is 63.5. The number of carboxylic acids is 3. The molecule has 1 aromatic heterocycles. The van der Waals surface area contributed by atoms with Crippen LogP contribution in [-0.2, 0) is 20.8 Å². The molecule has 0 radical (unpaired) electrons. The van der Waals surface area contributed by atoms with Crippen LogP contribution in [0.5, 0.6) is 0 Å². The molecule has 2 saturated heterocycles. The second kappa shape index (κ2) is 14.1. The molecule has 1 aromatic rings. The summed E-state index contributed by atoms with van der Waals surface area (Å²) >= 11 is 0. The molecule has 0 atom stereocenters. The van der Waals surface area contributed by atoms with Crippen molar-refractivity contribution in [1.29, 1.82) is 0 Å². The van der Waals surface area contributed by atoms with E-state index in [2.05, 4.69) is 26.9 Å². The summed E-state index contributed by atoms with van der Waals surface area (Å²) in [5, 5.41) is 23.2. The Bertz CT molecular complexity index is 840. The molecule has 1 spiro atoms. The van der Waals surface area contributed by atoms with Crippen LogP contribution in [0.3, 0.4) is 0 Å². The summed E-state index contributed by atoms with van der Waals surface area (Å²) in [4.78, 5) is 37.3. The Balaban J connectivity index is 0.000000404. The van der Waals surface area contributed by atoms with E-state index in [1.54, 1.807) is 0 Å². The van der Waals surface area contributed by atoms with Gasteiger partial charge in [0.15, 0.2) is 0 Å². The number of piperidine rings is 2. The van der Waals surface area contributed by atoms with Gasteiger partial charge in [0.05, 0.1) is 6.54 Å². The third-order valence-electron chi connectivity index (χ3n) is 6.14. The van der Waals surface area contributed by atoms with Crippen LogP contribution >= 0.6 is 0 Å². The maximum Gasteiger partial charge on any atom is 0.490 e. The van der Waals surface area contributed by atoms with E-state index >= 15 is 0 Å². The molecule has 210 valence electrons. The molecule has 3 heterocycles. The van der Waals surface area contributed by atoms with Gasteiger partial charge in [-0.15, -0.1) is 0 Å². The summed E-state index contributed by atoms with van der Waals surface area (Å²) in [6.45, 7) is 5.60. The van der Waals surface area contributed by atoms with Crippen molar-refractivity contribution < 1.29 is 56.0 Å². The first-order valence-corrected chi connectivity index (χ1v) is 11.2. The highest BCUT2D eigenvalue weighted by Crippen LogP contribution is 2.41. The minimum atomic E-state index is -5.08. The second-order valence-corrected chi connectivity index (χ2v) is 8.72. The fourth-order valence-corrected chi connectivity index (χ4v) is 3.96. The molecule has 2 aliphatic heterocycles. The topological polar surface area (TPSA) is 131 Å². The highest BCUT2D eigenvalue weighted by Gasteiger charge is 2.39. The lowest BCUT2D eigenvalue weighted by Gasteiger charge is -2.46. The van der Waals surface area contributed by atoms with Crippen molar-refractivity contribution in [2.75, 3.05) is 39.3 Å². The molecule has 2 fully saturated rings. The van der Waals surface area contributed by atoms with Crippen molar-refractivity contribution in [2.24, 2.45) is 5.41 Å². The fraction of sp³-hybridized carbons (Fsp3) is 0.636. The number of carboxylic acid groups (broad SMARTS) is 3. The first-order valence-electron chi connectivity index (χ1n) is 11.2. The zero-order valence-electron chi connectivity index (χ0n) is 19.8. The van der Waals surface area contributed by atoms with Crippen LogP contribution in [0.25, 0.3) is 0 Å². The Morgan fingerprint density at radius 2 is 1.16 bits per heavy atom. The van der Waals surface area contributed by atoms with Gasteiger partial charge in [0.2, 0.25) is 0 Å². The largest absolute Gasteiger partial charge is 0.490 e. The molecule has 0 unspecified atom stereocenters. The number of halogens is 6. The van der Waals surface area contributed by atoms with Crippen LogP contribution in [-0.4, -0.2) is 99.6 Å². The molecule has 0 bridgehead atoms. The van der Waals surface area contributed by atoms with Gasteiger partial charge in [-0.25, -0.2) is 9.59 Å². The van der Waals surface area contributed by atoms with Gasteiger partial charge in [-0.1, -0.05) is 0 Å². The highest BCUT2D eigenvalue weighted by atomic mass is 19.4. The zero-order valence-corrected chi connectivity index (χ0v) is 19.8. The predicted molar refractivity (Wildman–Crippen MR) is 117 cm³/mol. The first kappa shape index (κ1) is 32.1. The smallest absolute Gasteiger partial charge is 0.480 e. The van der Waals surface area contributed by atoms with E-state index in [9.17, 15) is 31.1 Å². The summed E-state index contributed by atoms with van der Waals surface area (Å²) in [5.74, 6) is -6.22. The van der Waals surface area contributed by atoms with Crippen LogP contribution in [0.1, 0.15) is 31.2 Å². The average molecular weight is 545 g/mol. The Morgan fingerprint density at radius 3 is 1.51 bits per heavy atom. The monoisotopic (exact) mass is 545 g/mol. The summed E-state index contributed by atoms with van der Waals surface area (Å²) in [7, 11) is 0. The van der Waals surface area contributed by atoms with Gasteiger partial charge in [-0.3, -0.25) is 14.7 Å². The van der Waals surface area contributed by atoms with Crippen LogP contribution in [0.2, 0.25) is 0 Å². The molecule has 0 aromatic carbocycles. The number of aromatic nitrogens is 1. The Morgan fingerprint density at radius 1 is 0.784 bits per heavy atom. The van der Waals surface area contributed by atoms with E-state index in [-0.39, 0.29) is 6.54 Å². The number of pyridine rings is 1. The number of carbonyl (C=O) groups is 3. The lowest BCUT2D eigenvalue weighted by Crippen LogP contribution is -2.48. The molecule has 0 saturated carbocycles. The molecule has 2 aliphatic rings. The van der Waals surface area contributed by atoms with Gasteiger partial charge < -0.3 is 20.2 Å². The summed E-state index contributed by atoms with van der Waals surface area (Å²) in [6.07, 6.45) is -0.468. The minimum absolute atomic E-state index is 0.203. The maximum atomic E-state index is 10.8. The third kappa shape index (κ3) is 12.7. The Hall–Kier alpha value is -2.94. The van der Waals surface area contributed by atoms with Crippen molar-refractivity contribution in [1.82, 2.24) is 14.8 Å². The molecular weight excluding hydrogens is 516 g/mol. The van der Waals surface area contributed by atoms with E-state index in [1.807, 2.05) is 12.4 Å². The van der Waals surface area contributed by atoms with E-state index in [0.717, 1.165) is 26.1 Å². The van der Waals surface area contributed by atoms with E-state index in [0.29, 0.717) is 5.41 Å². The van der Waals surface area contributed by atoms with Gasteiger partial charge in [-0.2, -0.15) is 26.3 Å². The zero-order chi connectivity index (χ0) is 28.3. The second-order valence-electron chi connectivity index (χ2n) is 8.72. The summed E-state index contributed by atoms with van der Waals surface area (Å²) in [6, 6.07) is 4.20. The molecule has 9 nitrogen and oxygen atoms in total. The number of alkyl halides is 6. The van der Waals surface area contributed by atoms with Crippen molar-refractivity contribution in [3.8, 4) is 0 Å². The van der Waals surface area contributed by atoms with Crippen molar-refractivity contribution in [3.63, 3.8) is 0 Å². The molecule has 3 N–H and O–H groups in total. The Kier molecular flexibility index (Phi) is 12.2. The summed E-state index contributed by atoms with van der Waals surface area (Å²) in [5.41, 5.74) is 1.84. The molecule has 0 aliphatic carbocycles. The van der Waals surface area contributed by atoms with E-state index in [4.69, 9.17) is 24.9 Å². The first-order chi connectivity index (χ1) is 17.0. The lowest BCUT2D eigenvalue weighted by atomic mass is 9.71.